The third kappa shape index (κ3) is 4.78. The number of nitrogens with zero attached hydrogens (tertiary/aromatic N) is 3. The first-order valence-corrected chi connectivity index (χ1v) is 8.50. The van der Waals surface area contributed by atoms with E-state index in [0.29, 0.717) is 21.7 Å². The molecule has 136 valence electrons. The molecular formula is C18H13Cl2N5O2. The van der Waals surface area contributed by atoms with Crippen molar-refractivity contribution in [1.29, 1.82) is 0 Å². The van der Waals surface area contributed by atoms with E-state index >= 15 is 0 Å². The molecule has 7 nitrogen and oxygen atoms in total. The molecule has 0 atom stereocenters. The monoisotopic (exact) mass is 401 g/mol. The molecule has 0 aliphatic carbocycles. The van der Waals surface area contributed by atoms with E-state index in [1.165, 1.54) is 24.7 Å². The summed E-state index contributed by atoms with van der Waals surface area (Å²) in [5, 5.41) is 6.10. The predicted molar refractivity (Wildman–Crippen MR) is 103 cm³/mol. The number of halogens is 2. The molecule has 0 fully saturated rings. The summed E-state index contributed by atoms with van der Waals surface area (Å²) in [5.74, 6) is -0.0686. The standard InChI is InChI=1S/C18H13Cl2N5O2/c1-10-21-7-11(8-22-10)17(26)24-15-4-2-12(19)6-14(15)18(27)25-16-5-3-13(20)9-23-16/h2-9H,1H3,(H,24,26)(H,23,25,27). The minimum atomic E-state index is -0.484. The van der Waals surface area contributed by atoms with Crippen LogP contribution in [0.4, 0.5) is 11.5 Å². The maximum atomic E-state index is 12.6. The Morgan fingerprint density at radius 1 is 0.852 bits per heavy atom. The molecule has 0 bridgehead atoms. The number of nitrogens with one attached hydrogen (secondary N) is 2. The van der Waals surface area contributed by atoms with Crippen molar-refractivity contribution in [1.82, 2.24) is 15.0 Å². The van der Waals surface area contributed by atoms with Crippen molar-refractivity contribution in [3.8, 4) is 0 Å². The summed E-state index contributed by atoms with van der Waals surface area (Å²) < 4.78 is 0. The van der Waals surface area contributed by atoms with E-state index in [1.54, 1.807) is 31.2 Å². The van der Waals surface area contributed by atoms with Gasteiger partial charge in [-0.1, -0.05) is 23.2 Å². The second kappa shape index (κ2) is 8.11. The van der Waals surface area contributed by atoms with Gasteiger partial charge in [-0.25, -0.2) is 15.0 Å². The number of carbonyl (C=O) groups excluding carboxylic acids is 2. The first-order chi connectivity index (χ1) is 12.9. The van der Waals surface area contributed by atoms with Crippen molar-refractivity contribution in [2.24, 2.45) is 0 Å². The molecule has 2 amide bonds. The first kappa shape index (κ1) is 18.8. The van der Waals surface area contributed by atoms with Gasteiger partial charge in [-0.2, -0.15) is 0 Å². The van der Waals surface area contributed by atoms with E-state index in [4.69, 9.17) is 23.2 Å². The third-order valence-corrected chi connectivity index (χ3v) is 3.95. The lowest BCUT2D eigenvalue weighted by atomic mass is 10.1. The lowest BCUT2D eigenvalue weighted by Crippen LogP contribution is -2.19. The van der Waals surface area contributed by atoms with Gasteiger partial charge in [0, 0.05) is 23.6 Å². The van der Waals surface area contributed by atoms with Gasteiger partial charge in [-0.15, -0.1) is 0 Å². The van der Waals surface area contributed by atoms with E-state index in [1.807, 2.05) is 0 Å². The summed E-state index contributed by atoms with van der Waals surface area (Å²) in [6, 6.07) is 7.72. The Labute approximate surface area is 164 Å². The highest BCUT2D eigenvalue weighted by Crippen LogP contribution is 2.23. The molecule has 0 radical (unpaired) electrons. The highest BCUT2D eigenvalue weighted by Gasteiger charge is 2.16. The Kier molecular flexibility index (Phi) is 5.63. The Balaban J connectivity index is 1.83. The van der Waals surface area contributed by atoms with Gasteiger partial charge < -0.3 is 10.6 Å². The molecular weight excluding hydrogens is 389 g/mol. The normalized spacial score (nSPS) is 10.3. The zero-order chi connectivity index (χ0) is 19.4. The van der Waals surface area contributed by atoms with Crippen molar-refractivity contribution in [2.45, 2.75) is 6.92 Å². The van der Waals surface area contributed by atoms with Crippen LogP contribution in [0.2, 0.25) is 10.0 Å². The number of hydrogen-bond acceptors (Lipinski definition) is 5. The maximum Gasteiger partial charge on any atom is 0.258 e. The summed E-state index contributed by atoms with van der Waals surface area (Å²) in [6.07, 6.45) is 4.23. The Bertz CT molecular complexity index is 992. The highest BCUT2D eigenvalue weighted by atomic mass is 35.5. The van der Waals surface area contributed by atoms with Crippen LogP contribution in [0.1, 0.15) is 26.5 Å². The van der Waals surface area contributed by atoms with Crippen molar-refractivity contribution in [2.75, 3.05) is 10.6 Å². The Morgan fingerprint density at radius 3 is 2.22 bits per heavy atom. The van der Waals surface area contributed by atoms with Crippen LogP contribution in [-0.2, 0) is 0 Å². The topological polar surface area (TPSA) is 96.9 Å². The number of amides is 2. The fraction of sp³-hybridized carbons (Fsp3) is 0.0556. The van der Waals surface area contributed by atoms with Crippen LogP contribution in [0.5, 0.6) is 0 Å². The molecule has 3 rings (SSSR count). The fourth-order valence-corrected chi connectivity index (χ4v) is 2.43. The van der Waals surface area contributed by atoms with Crippen LogP contribution in [-0.4, -0.2) is 26.8 Å². The largest absolute Gasteiger partial charge is 0.321 e. The van der Waals surface area contributed by atoms with E-state index in [0.717, 1.165) is 0 Å². The van der Waals surface area contributed by atoms with Crippen molar-refractivity contribution < 1.29 is 9.59 Å². The predicted octanol–water partition coefficient (Wildman–Crippen LogP) is 3.99. The van der Waals surface area contributed by atoms with Crippen molar-refractivity contribution >= 4 is 46.5 Å². The van der Waals surface area contributed by atoms with Gasteiger partial charge in [0.2, 0.25) is 0 Å². The minimum Gasteiger partial charge on any atom is -0.321 e. The molecule has 3 aromatic rings. The lowest BCUT2D eigenvalue weighted by Gasteiger charge is -2.12. The number of hydrogen-bond donors (Lipinski definition) is 2. The van der Waals surface area contributed by atoms with Crippen LogP contribution >= 0.6 is 23.2 Å². The van der Waals surface area contributed by atoms with E-state index in [9.17, 15) is 9.59 Å². The summed E-state index contributed by atoms with van der Waals surface area (Å²) in [5.41, 5.74) is 0.735. The molecule has 9 heteroatoms. The van der Waals surface area contributed by atoms with Gasteiger partial charge in [-0.3, -0.25) is 9.59 Å². The van der Waals surface area contributed by atoms with Crippen molar-refractivity contribution in [3.05, 3.63) is 75.9 Å². The third-order valence-electron chi connectivity index (χ3n) is 3.49. The summed E-state index contributed by atoms with van der Waals surface area (Å²) >= 11 is 11.8. The molecule has 0 saturated carbocycles. The molecule has 2 aromatic heterocycles. The van der Waals surface area contributed by atoms with E-state index in [2.05, 4.69) is 25.6 Å². The zero-order valence-corrected chi connectivity index (χ0v) is 15.5. The minimum absolute atomic E-state index is 0.181. The second-order valence-corrected chi connectivity index (χ2v) is 6.35. The molecule has 0 aliphatic heterocycles. The van der Waals surface area contributed by atoms with Crippen LogP contribution in [0.3, 0.4) is 0 Å². The SMILES string of the molecule is Cc1ncc(C(=O)Nc2ccc(Cl)cc2C(=O)Nc2ccc(Cl)cn2)cn1. The van der Waals surface area contributed by atoms with Gasteiger partial charge in [0.05, 0.1) is 21.8 Å². The van der Waals surface area contributed by atoms with Crippen LogP contribution < -0.4 is 10.6 Å². The number of aryl methyl sites for hydroxylation is 1. The average Bonchev–Trinajstić information content (AvgIpc) is 2.65. The van der Waals surface area contributed by atoms with Gasteiger partial charge in [0.25, 0.3) is 11.8 Å². The number of carbonyl (C=O) groups is 2. The molecule has 0 saturated heterocycles. The number of rotatable bonds is 4. The molecule has 0 spiro atoms. The zero-order valence-electron chi connectivity index (χ0n) is 14.0. The summed E-state index contributed by atoms with van der Waals surface area (Å²) in [4.78, 5) is 37.0. The highest BCUT2D eigenvalue weighted by molar-refractivity contribution is 6.31. The first-order valence-electron chi connectivity index (χ1n) is 7.75. The molecule has 27 heavy (non-hydrogen) atoms. The molecule has 0 aliphatic rings. The second-order valence-electron chi connectivity index (χ2n) is 5.48. The van der Waals surface area contributed by atoms with Gasteiger partial charge in [0.15, 0.2) is 0 Å². The number of benzene rings is 1. The van der Waals surface area contributed by atoms with Crippen LogP contribution in [0, 0.1) is 6.92 Å². The van der Waals surface area contributed by atoms with Crippen LogP contribution in [0.15, 0.2) is 48.9 Å². The molecule has 1 aromatic carbocycles. The van der Waals surface area contributed by atoms with Crippen LogP contribution in [0.25, 0.3) is 0 Å². The van der Waals surface area contributed by atoms with Gasteiger partial charge in [0.1, 0.15) is 11.6 Å². The summed E-state index contributed by atoms with van der Waals surface area (Å²) in [7, 11) is 0. The molecule has 2 N–H and O–H groups in total. The Hall–Kier alpha value is -3.03. The average molecular weight is 402 g/mol. The summed E-state index contributed by atoms with van der Waals surface area (Å²) in [6.45, 7) is 1.72. The maximum absolute atomic E-state index is 12.6. The number of pyridine rings is 1. The van der Waals surface area contributed by atoms with Crippen molar-refractivity contribution in [3.63, 3.8) is 0 Å². The quantitative estimate of drug-likeness (QED) is 0.688. The molecule has 0 unspecified atom stereocenters. The van der Waals surface area contributed by atoms with E-state index in [-0.39, 0.29) is 16.8 Å². The fourth-order valence-electron chi connectivity index (χ4n) is 2.15. The number of aromatic nitrogens is 3. The smallest absolute Gasteiger partial charge is 0.258 e. The Morgan fingerprint density at radius 2 is 1.56 bits per heavy atom. The molecule has 2 heterocycles. The number of anilines is 2. The van der Waals surface area contributed by atoms with E-state index < -0.39 is 11.8 Å². The van der Waals surface area contributed by atoms with Gasteiger partial charge >= 0.3 is 0 Å². The van der Waals surface area contributed by atoms with Gasteiger partial charge in [-0.05, 0) is 37.3 Å². The lowest BCUT2D eigenvalue weighted by molar-refractivity contribution is 0.102.